The van der Waals surface area contributed by atoms with Gasteiger partial charge < -0.3 is 77.4 Å². The van der Waals surface area contributed by atoms with Crippen LogP contribution in [0.2, 0.25) is 0 Å². The van der Waals surface area contributed by atoms with Gasteiger partial charge in [0.25, 0.3) is 5.69 Å². The average molecular weight is 1450 g/mol. The van der Waals surface area contributed by atoms with Gasteiger partial charge in [-0.1, -0.05) is 62.4 Å². The predicted octanol–water partition coefficient (Wildman–Crippen LogP) is 3.62. The van der Waals surface area contributed by atoms with Crippen molar-refractivity contribution < 1.29 is 86.2 Å². The first-order valence-corrected chi connectivity index (χ1v) is 33.5. The van der Waals surface area contributed by atoms with Crippen molar-refractivity contribution in [3.8, 4) is 11.1 Å². The van der Waals surface area contributed by atoms with E-state index in [2.05, 4.69) is 58.1 Å². The highest BCUT2D eigenvalue weighted by Gasteiger charge is 2.35. The lowest BCUT2D eigenvalue weighted by atomic mass is 9.98. The third-order valence-corrected chi connectivity index (χ3v) is 15.2. The molecule has 1 aliphatic rings. The third-order valence-electron chi connectivity index (χ3n) is 15.2. The lowest BCUT2D eigenvalue weighted by Gasteiger charge is -2.28. The number of nitrogens with one attached hydrogen (secondary N) is 9. The summed E-state index contributed by atoms with van der Waals surface area (Å²) in [6.07, 6.45) is -3.08. The Morgan fingerprint density at radius 3 is 1.69 bits per heavy atom. The average Bonchev–Trinajstić information content (AvgIpc) is 1.62. The summed E-state index contributed by atoms with van der Waals surface area (Å²) in [7, 11) is 0. The summed E-state index contributed by atoms with van der Waals surface area (Å²) in [5.41, 5.74) is 8.43. The summed E-state index contributed by atoms with van der Waals surface area (Å²) in [5.74, 6) is -10.5. The molecular formula is C70H93N15O19. The van der Waals surface area contributed by atoms with Crippen molar-refractivity contribution in [1.29, 1.82) is 0 Å². The Hall–Kier alpha value is -11.6. The van der Waals surface area contributed by atoms with Crippen molar-refractivity contribution >= 4 is 100 Å². The lowest BCUT2D eigenvalue weighted by molar-refractivity contribution is -0.384. The van der Waals surface area contributed by atoms with E-state index in [9.17, 15) is 72.4 Å². The van der Waals surface area contributed by atoms with Gasteiger partial charge in [0, 0.05) is 49.9 Å². The first-order chi connectivity index (χ1) is 49.0. The Morgan fingerprint density at radius 2 is 1.12 bits per heavy atom. The van der Waals surface area contributed by atoms with E-state index in [4.69, 9.17) is 24.7 Å². The van der Waals surface area contributed by atoms with Crippen LogP contribution >= 0.6 is 0 Å². The number of amides is 11. The molecule has 5 rings (SSSR count). The largest absolute Gasteiger partial charge is 0.465 e. The van der Waals surface area contributed by atoms with Gasteiger partial charge in [-0.2, -0.15) is 10.2 Å². The van der Waals surface area contributed by atoms with Crippen molar-refractivity contribution in [2.75, 3.05) is 70.5 Å². The first kappa shape index (κ1) is 83.1. The standard InChI is InChI=1S/C70H93N15O19/c1-12-83(46-25-21-44(22-26-46)81-82-45-23-27-47(28-24-45)85(99)100)30-31-84(68(98)102-40-52-50-19-15-13-17-48(50)49-18-14-16-20-51(49)52)39-60(90)74-38-59(89)76-43(5)63(93)78-54(66(96)103-69(6,7)8)34-61(91)101-32-29-57(87)72-35-55(65(95)77-42(4)62(92)75-37-58(88)73-36-56(71)86)79-64(94)53(33-41(2)3)80-67(97)104-70(9,10)11/h13-28,41-43,52-55H,12,29-40H2,1-11H3,(H2,71,86)(H,72,87)(H,73,88)(H,74,90)(H,75,92)(H,76,89)(H,77,95)(H,78,93)(H,79,94)(H,80,97)/t42-,43-,53-,54-,55+/m0/s1. The zero-order valence-corrected chi connectivity index (χ0v) is 60.0. The number of rotatable bonds is 37. The quantitative estimate of drug-likeness (QED) is 0.0101. The van der Waals surface area contributed by atoms with Crippen LogP contribution in [0.5, 0.6) is 0 Å². The number of esters is 2. The zero-order valence-electron chi connectivity index (χ0n) is 60.0. The van der Waals surface area contributed by atoms with Gasteiger partial charge in [0.2, 0.25) is 53.2 Å². The van der Waals surface area contributed by atoms with E-state index >= 15 is 0 Å². The van der Waals surface area contributed by atoms with Gasteiger partial charge in [-0.3, -0.25) is 63.0 Å². The van der Waals surface area contributed by atoms with Gasteiger partial charge in [0.15, 0.2) is 0 Å². The van der Waals surface area contributed by atoms with Crippen LogP contribution in [-0.2, 0) is 71.7 Å². The highest BCUT2D eigenvalue weighted by Crippen LogP contribution is 2.44. The smallest absolute Gasteiger partial charge is 0.410 e. The molecule has 4 aromatic carbocycles. The van der Waals surface area contributed by atoms with Crippen molar-refractivity contribution in [3.63, 3.8) is 0 Å². The Labute approximate surface area is 601 Å². The summed E-state index contributed by atoms with van der Waals surface area (Å²) >= 11 is 0. The normalized spacial score (nSPS) is 13.1. The summed E-state index contributed by atoms with van der Waals surface area (Å²) in [4.78, 5) is 185. The number of alkyl carbamates (subject to hydrolysis) is 1. The van der Waals surface area contributed by atoms with Gasteiger partial charge in [-0.25, -0.2) is 14.4 Å². The minimum Gasteiger partial charge on any atom is -0.465 e. The molecule has 0 spiro atoms. The predicted molar refractivity (Wildman–Crippen MR) is 377 cm³/mol. The maximum atomic E-state index is 14.1. The molecule has 562 valence electrons. The van der Waals surface area contributed by atoms with Crippen LogP contribution in [0.4, 0.5) is 32.3 Å². The summed E-state index contributed by atoms with van der Waals surface area (Å²) < 4.78 is 22.0. The molecule has 34 heteroatoms. The second kappa shape index (κ2) is 39.6. The van der Waals surface area contributed by atoms with E-state index in [1.54, 1.807) is 58.9 Å². The number of fused-ring (bicyclic) bond motifs is 3. The van der Waals surface area contributed by atoms with Crippen LogP contribution in [0, 0.1) is 16.0 Å². The molecule has 4 aromatic rings. The topological polar surface area (TPSA) is 467 Å². The van der Waals surface area contributed by atoms with E-state index in [-0.39, 0.29) is 43.6 Å². The van der Waals surface area contributed by atoms with Crippen molar-refractivity contribution in [2.24, 2.45) is 21.9 Å². The number of nitro benzene ring substituents is 1. The number of nitrogens with zero attached hydrogens (tertiary/aromatic N) is 5. The number of nitro groups is 1. The summed E-state index contributed by atoms with van der Waals surface area (Å²) in [6.45, 7) is 14.3. The lowest BCUT2D eigenvalue weighted by Crippen LogP contribution is -2.59. The number of primary amides is 1. The Bertz CT molecular complexity index is 3720. The zero-order chi connectivity index (χ0) is 77.0. The molecule has 0 aliphatic heterocycles. The van der Waals surface area contributed by atoms with Crippen LogP contribution in [-0.4, -0.2) is 194 Å². The number of carbonyl (C=O) groups is 13. The van der Waals surface area contributed by atoms with Crippen LogP contribution in [0.3, 0.4) is 0 Å². The fourth-order valence-electron chi connectivity index (χ4n) is 10.1. The minimum atomic E-state index is -1.71. The van der Waals surface area contributed by atoms with Crippen molar-refractivity contribution in [2.45, 2.75) is 143 Å². The first-order valence-electron chi connectivity index (χ1n) is 33.5. The van der Waals surface area contributed by atoms with Crippen LogP contribution in [0.1, 0.15) is 112 Å². The molecule has 34 nitrogen and oxygen atoms in total. The molecule has 0 aromatic heterocycles. The van der Waals surface area contributed by atoms with E-state index in [1.165, 1.54) is 63.8 Å². The molecule has 1 aliphatic carbocycles. The molecule has 0 radical (unpaired) electrons. The van der Waals surface area contributed by atoms with Gasteiger partial charge >= 0.3 is 24.1 Å². The van der Waals surface area contributed by atoms with Gasteiger partial charge in [0.1, 0.15) is 61.2 Å². The van der Waals surface area contributed by atoms with Gasteiger partial charge in [0.05, 0.1) is 48.8 Å². The van der Waals surface area contributed by atoms with E-state index in [0.29, 0.717) is 17.9 Å². The summed E-state index contributed by atoms with van der Waals surface area (Å²) in [6, 6.07) is 20.8. The monoisotopic (exact) mass is 1450 g/mol. The number of likely N-dealkylation sites (N-methyl/N-ethyl adjacent to an activating group) is 1. The fraction of sp³-hybridized carbons (Fsp3) is 0.471. The minimum absolute atomic E-state index is 0.0326. The SMILES string of the molecule is CCN(CCN(CC(=O)NCC(=O)N[C@@H](C)C(=O)N[C@@H](CC(=O)OCCC(=O)NC[C@@H](NC(=O)[C@H](CC(C)C)NC(=O)OC(C)(C)C)C(=O)N[C@@H](C)C(=O)NCC(=O)NCC(N)=O)C(=O)OC(C)(C)C)C(=O)OCC1c2ccccc2-c2ccccc21)c1ccc(N=Nc2ccc([N+](=O)[O-])cc2)cc1. The second-order valence-corrected chi connectivity index (χ2v) is 26.5. The molecule has 104 heavy (non-hydrogen) atoms. The van der Waals surface area contributed by atoms with Crippen LogP contribution in [0.15, 0.2) is 107 Å². The molecule has 0 fully saturated rings. The number of ether oxygens (including phenoxy) is 4. The van der Waals surface area contributed by atoms with Crippen LogP contribution in [0.25, 0.3) is 11.1 Å². The Balaban J connectivity index is 1.19. The number of hydrogen-bond donors (Lipinski definition) is 10. The number of nitrogens with two attached hydrogens (primary N) is 1. The molecule has 11 N–H and O–H groups in total. The number of carbonyl (C=O) groups excluding carboxylic acids is 13. The number of benzene rings is 4. The van der Waals surface area contributed by atoms with Crippen molar-refractivity contribution in [3.05, 3.63) is 118 Å². The number of non-ortho nitro benzene ring substituents is 1. The van der Waals surface area contributed by atoms with E-state index < -0.39 is 176 Å². The molecule has 0 saturated heterocycles. The maximum absolute atomic E-state index is 14.1. The fourth-order valence-corrected chi connectivity index (χ4v) is 10.1. The third kappa shape index (κ3) is 28.4. The van der Waals surface area contributed by atoms with E-state index in [1.807, 2.05) is 60.4 Å². The number of hydrogen-bond acceptors (Lipinski definition) is 22. The highest BCUT2D eigenvalue weighted by molar-refractivity contribution is 5.96. The molecule has 5 atom stereocenters. The molecule has 0 saturated carbocycles. The molecule has 11 amide bonds. The second-order valence-electron chi connectivity index (χ2n) is 26.5. The van der Waals surface area contributed by atoms with Gasteiger partial charge in [-0.15, -0.1) is 0 Å². The molecule has 0 bridgehead atoms. The number of azo groups is 1. The molecule has 0 heterocycles. The number of anilines is 1. The van der Waals surface area contributed by atoms with Crippen molar-refractivity contribution in [1.82, 2.24) is 52.8 Å². The molecular weight excluding hydrogens is 1350 g/mol. The summed E-state index contributed by atoms with van der Waals surface area (Å²) in [5, 5.41) is 40.9. The highest BCUT2D eigenvalue weighted by atomic mass is 16.6. The van der Waals surface area contributed by atoms with Crippen LogP contribution < -0.4 is 58.5 Å². The maximum Gasteiger partial charge on any atom is 0.410 e. The molecule has 0 unspecified atom stereocenters. The van der Waals surface area contributed by atoms with Gasteiger partial charge in [-0.05, 0) is 133 Å². The van der Waals surface area contributed by atoms with E-state index in [0.717, 1.165) is 27.9 Å². The Morgan fingerprint density at radius 1 is 0.577 bits per heavy atom. The Kier molecular flexibility index (Phi) is 31.6.